The molecule has 2 saturated heterocycles. The number of anilines is 1. The molecule has 0 aliphatic carbocycles. The molecule has 2 aliphatic heterocycles. The van der Waals surface area contributed by atoms with Crippen molar-refractivity contribution < 1.29 is 14.3 Å². The van der Waals surface area contributed by atoms with E-state index in [1.807, 2.05) is 18.7 Å². The van der Waals surface area contributed by atoms with Gasteiger partial charge < -0.3 is 9.64 Å². The highest BCUT2D eigenvalue weighted by molar-refractivity contribution is 8.26. The Hall–Kier alpha value is -2.64. The van der Waals surface area contributed by atoms with Crippen LogP contribution in [0.15, 0.2) is 9.70 Å². The lowest BCUT2D eigenvalue weighted by atomic mass is 9.96. The third-order valence-corrected chi connectivity index (χ3v) is 7.77. The Morgan fingerprint density at radius 2 is 2.06 bits per heavy atom. The fraction of sp³-hybridized carbons (Fsp3) is 0.560. The summed E-state index contributed by atoms with van der Waals surface area (Å²) in [4.78, 5) is 43.0. The van der Waals surface area contributed by atoms with Crippen LogP contribution in [0, 0.1) is 24.2 Å². The van der Waals surface area contributed by atoms with Gasteiger partial charge in [0.1, 0.15) is 21.8 Å². The lowest BCUT2D eigenvalue weighted by Gasteiger charge is -2.36. The molecule has 10 heteroatoms. The molecule has 0 radical (unpaired) electrons. The third kappa shape index (κ3) is 5.46. The van der Waals surface area contributed by atoms with Crippen LogP contribution in [0.1, 0.15) is 63.1 Å². The maximum Gasteiger partial charge on any atom is 0.310 e. The van der Waals surface area contributed by atoms with Crippen LogP contribution in [-0.2, 0) is 20.9 Å². The van der Waals surface area contributed by atoms with E-state index < -0.39 is 0 Å². The molecule has 1 aromatic heterocycles. The average Bonchev–Trinajstić information content (AvgIpc) is 3.12. The van der Waals surface area contributed by atoms with Gasteiger partial charge in [-0.15, -0.1) is 0 Å². The van der Waals surface area contributed by atoms with E-state index in [1.54, 1.807) is 24.5 Å². The summed E-state index contributed by atoms with van der Waals surface area (Å²) >= 11 is 6.60. The topological polar surface area (TPSA) is 95.6 Å². The standard InChI is InChI=1S/C25H32N4O4S2/c1-5-8-12-29-21(27-11-9-10-17(15-27)24(32)33-7-3)18(16(4)19(14-26)22(29)30)13-20-23(31)28(6-2)25(34)35-20/h13,17H,5-12,15H2,1-4H3/b20-13-. The van der Waals surface area contributed by atoms with E-state index in [2.05, 4.69) is 6.07 Å². The Balaban J connectivity index is 2.22. The van der Waals surface area contributed by atoms with Crippen molar-refractivity contribution >= 4 is 52.1 Å². The number of thiocarbonyl (C=S) groups is 1. The zero-order valence-corrected chi connectivity index (χ0v) is 22.4. The number of hydrogen-bond acceptors (Lipinski definition) is 8. The number of pyridine rings is 1. The van der Waals surface area contributed by atoms with Crippen molar-refractivity contribution in [1.82, 2.24) is 9.47 Å². The van der Waals surface area contributed by atoms with Crippen LogP contribution in [0.2, 0.25) is 0 Å². The number of piperidine rings is 1. The zero-order chi connectivity index (χ0) is 25.7. The summed E-state index contributed by atoms with van der Waals surface area (Å²) in [6.45, 7) is 9.73. The molecule has 8 nitrogen and oxygen atoms in total. The van der Waals surface area contributed by atoms with Crippen LogP contribution < -0.4 is 10.5 Å². The Bertz CT molecular complexity index is 1150. The normalized spacial score (nSPS) is 19.4. The van der Waals surface area contributed by atoms with Crippen molar-refractivity contribution in [2.24, 2.45) is 5.92 Å². The van der Waals surface area contributed by atoms with Gasteiger partial charge in [0.15, 0.2) is 0 Å². The second-order valence-electron chi connectivity index (χ2n) is 8.62. The molecular weight excluding hydrogens is 484 g/mol. The number of aromatic nitrogens is 1. The molecule has 0 spiro atoms. The highest BCUT2D eigenvalue weighted by Crippen LogP contribution is 2.36. The number of ether oxygens (including phenoxy) is 1. The molecule has 2 fully saturated rings. The number of carbonyl (C=O) groups is 2. The largest absolute Gasteiger partial charge is 0.466 e. The number of rotatable bonds is 8. The van der Waals surface area contributed by atoms with Crippen LogP contribution in [0.25, 0.3) is 6.08 Å². The first-order chi connectivity index (χ1) is 16.8. The minimum Gasteiger partial charge on any atom is -0.466 e. The Morgan fingerprint density at radius 1 is 1.31 bits per heavy atom. The number of carbonyl (C=O) groups excluding carboxylic acids is 2. The van der Waals surface area contributed by atoms with Crippen molar-refractivity contribution in [3.8, 4) is 6.07 Å². The molecule has 3 heterocycles. The first-order valence-corrected chi connectivity index (χ1v) is 13.4. The van der Waals surface area contributed by atoms with E-state index in [0.717, 1.165) is 19.3 Å². The van der Waals surface area contributed by atoms with Crippen molar-refractivity contribution in [1.29, 1.82) is 5.26 Å². The van der Waals surface area contributed by atoms with Gasteiger partial charge in [-0.05, 0) is 51.7 Å². The number of esters is 1. The van der Waals surface area contributed by atoms with Crippen LogP contribution in [0.3, 0.4) is 0 Å². The maximum atomic E-state index is 13.4. The molecule has 0 saturated carbocycles. The number of amides is 1. The highest BCUT2D eigenvalue weighted by atomic mass is 32.2. The van der Waals surface area contributed by atoms with Crippen molar-refractivity contribution in [2.45, 2.75) is 59.9 Å². The highest BCUT2D eigenvalue weighted by Gasteiger charge is 2.34. The zero-order valence-electron chi connectivity index (χ0n) is 20.8. The summed E-state index contributed by atoms with van der Waals surface area (Å²) in [5, 5.41) is 9.82. The Labute approximate surface area is 215 Å². The monoisotopic (exact) mass is 516 g/mol. The molecule has 1 unspecified atom stereocenters. The fourth-order valence-corrected chi connectivity index (χ4v) is 5.90. The Morgan fingerprint density at radius 3 is 2.66 bits per heavy atom. The molecule has 0 aromatic carbocycles. The molecule has 0 N–H and O–H groups in total. The number of hydrogen-bond donors (Lipinski definition) is 0. The van der Waals surface area contributed by atoms with E-state index in [1.165, 1.54) is 16.7 Å². The maximum absolute atomic E-state index is 13.4. The van der Waals surface area contributed by atoms with Crippen LogP contribution in [0.5, 0.6) is 0 Å². The first-order valence-electron chi connectivity index (χ1n) is 12.1. The quantitative estimate of drug-likeness (QED) is 0.292. The van der Waals surface area contributed by atoms with Crippen molar-refractivity contribution in [3.05, 3.63) is 31.9 Å². The van der Waals surface area contributed by atoms with E-state index in [0.29, 0.717) is 65.4 Å². The smallest absolute Gasteiger partial charge is 0.310 e. The molecule has 2 aliphatic rings. The molecule has 1 atom stereocenters. The lowest BCUT2D eigenvalue weighted by Crippen LogP contribution is -2.43. The third-order valence-electron chi connectivity index (χ3n) is 6.39. The van der Waals surface area contributed by atoms with Gasteiger partial charge >= 0.3 is 5.97 Å². The van der Waals surface area contributed by atoms with Crippen LogP contribution in [-0.4, -0.2) is 51.9 Å². The molecule has 3 rings (SSSR count). The molecule has 188 valence electrons. The molecule has 35 heavy (non-hydrogen) atoms. The fourth-order valence-electron chi connectivity index (χ4n) is 4.53. The van der Waals surface area contributed by atoms with Gasteiger partial charge in [0.2, 0.25) is 0 Å². The van der Waals surface area contributed by atoms with Gasteiger partial charge in [-0.1, -0.05) is 37.3 Å². The van der Waals surface area contributed by atoms with Crippen LogP contribution in [0.4, 0.5) is 5.82 Å². The van der Waals surface area contributed by atoms with Crippen molar-refractivity contribution in [3.63, 3.8) is 0 Å². The average molecular weight is 517 g/mol. The SMILES string of the molecule is CCCCn1c(N2CCCC(C(=O)OCC)C2)c(/C=C2\SC(=S)N(CC)C2=O)c(C)c(C#N)c1=O. The molecular formula is C25H32N4O4S2. The minimum absolute atomic E-state index is 0.0704. The van der Waals surface area contributed by atoms with Gasteiger partial charge in [-0.25, -0.2) is 0 Å². The number of thioether (sulfide) groups is 1. The minimum atomic E-state index is -0.343. The van der Waals surface area contributed by atoms with E-state index in [-0.39, 0.29) is 28.9 Å². The van der Waals surface area contributed by atoms with Gasteiger partial charge in [0.05, 0.1) is 17.4 Å². The second kappa shape index (κ2) is 11.9. The lowest BCUT2D eigenvalue weighted by molar-refractivity contribution is -0.148. The summed E-state index contributed by atoms with van der Waals surface area (Å²) in [5.41, 5.74) is 0.907. The molecule has 1 amide bonds. The number of likely N-dealkylation sites (N-methyl/N-ethyl adjacent to an activating group) is 1. The predicted octanol–water partition coefficient (Wildman–Crippen LogP) is 3.83. The van der Waals surface area contributed by atoms with Gasteiger partial charge in [0, 0.05) is 31.7 Å². The Kier molecular flexibility index (Phi) is 9.14. The summed E-state index contributed by atoms with van der Waals surface area (Å²) in [6.07, 6.45) is 4.87. The number of unbranched alkanes of at least 4 members (excludes halogenated alkanes) is 1. The van der Waals surface area contributed by atoms with Gasteiger partial charge in [-0.3, -0.25) is 23.9 Å². The predicted molar refractivity (Wildman–Crippen MR) is 142 cm³/mol. The molecule has 1 aromatic rings. The van der Waals surface area contributed by atoms with Gasteiger partial charge in [0.25, 0.3) is 11.5 Å². The summed E-state index contributed by atoms with van der Waals surface area (Å²) in [5.74, 6) is -0.0765. The first kappa shape index (κ1) is 27.0. The second-order valence-corrected chi connectivity index (χ2v) is 10.3. The van der Waals surface area contributed by atoms with Crippen molar-refractivity contribution in [2.75, 3.05) is 31.1 Å². The van der Waals surface area contributed by atoms with E-state index >= 15 is 0 Å². The van der Waals surface area contributed by atoms with Gasteiger partial charge in [-0.2, -0.15) is 5.26 Å². The van der Waals surface area contributed by atoms with E-state index in [4.69, 9.17) is 17.0 Å². The summed E-state index contributed by atoms with van der Waals surface area (Å²) < 4.78 is 7.41. The summed E-state index contributed by atoms with van der Waals surface area (Å²) in [6, 6.07) is 2.08. The number of nitrogens with zero attached hydrogens (tertiary/aromatic N) is 4. The molecule has 0 bridgehead atoms. The van der Waals surface area contributed by atoms with Crippen LogP contribution >= 0.6 is 24.0 Å². The van der Waals surface area contributed by atoms with E-state index in [9.17, 15) is 19.6 Å². The summed E-state index contributed by atoms with van der Waals surface area (Å²) in [7, 11) is 0. The number of nitriles is 1.